The zero-order valence-electron chi connectivity index (χ0n) is 14.3. The largest absolute Gasteiger partial charge is 0.287 e. The molecule has 0 saturated heterocycles. The highest BCUT2D eigenvalue weighted by molar-refractivity contribution is 6.07. The number of hydrogen-bond donors (Lipinski definition) is 3. The number of aromatic amines is 1. The van der Waals surface area contributed by atoms with E-state index in [0.29, 0.717) is 11.3 Å². The number of hydrogen-bond acceptors (Lipinski definition) is 3. The third-order valence-electron chi connectivity index (χ3n) is 4.22. The van der Waals surface area contributed by atoms with Crippen molar-refractivity contribution in [2.45, 2.75) is 0 Å². The maximum atomic E-state index is 12.5. The lowest BCUT2D eigenvalue weighted by molar-refractivity contribution is 0.0845. The van der Waals surface area contributed by atoms with E-state index in [9.17, 15) is 9.59 Å². The molecular formula is C21H16N4O2. The predicted molar refractivity (Wildman–Crippen MR) is 103 cm³/mol. The number of carbonyl (C=O) groups is 2. The second-order valence-electron chi connectivity index (χ2n) is 5.97. The van der Waals surface area contributed by atoms with Crippen LogP contribution in [0.25, 0.3) is 22.0 Å². The molecule has 0 aliphatic rings. The summed E-state index contributed by atoms with van der Waals surface area (Å²) in [5, 5.41) is 8.59. The average Bonchev–Trinajstić information content (AvgIpc) is 3.22. The Kier molecular flexibility index (Phi) is 4.37. The van der Waals surface area contributed by atoms with Gasteiger partial charge in [-0.25, -0.2) is 0 Å². The number of aromatic nitrogens is 2. The number of H-pyrrole nitrogens is 1. The summed E-state index contributed by atoms with van der Waals surface area (Å²) >= 11 is 0. The van der Waals surface area contributed by atoms with Crippen molar-refractivity contribution < 1.29 is 9.59 Å². The Morgan fingerprint density at radius 1 is 0.778 bits per heavy atom. The molecule has 1 aromatic heterocycles. The third kappa shape index (κ3) is 3.41. The molecule has 0 radical (unpaired) electrons. The second kappa shape index (κ2) is 7.13. The molecule has 4 aromatic rings. The van der Waals surface area contributed by atoms with Gasteiger partial charge in [-0.3, -0.25) is 25.5 Å². The van der Waals surface area contributed by atoms with Crippen LogP contribution in [0, 0.1) is 0 Å². The van der Waals surface area contributed by atoms with Gasteiger partial charge in [0.1, 0.15) is 5.69 Å². The van der Waals surface area contributed by atoms with Gasteiger partial charge in [-0.2, -0.15) is 5.10 Å². The van der Waals surface area contributed by atoms with Gasteiger partial charge in [0, 0.05) is 11.1 Å². The molecule has 0 atom stereocenters. The first-order valence-corrected chi connectivity index (χ1v) is 8.41. The highest BCUT2D eigenvalue weighted by atomic mass is 16.2. The topological polar surface area (TPSA) is 86.9 Å². The minimum Gasteiger partial charge on any atom is -0.272 e. The molecule has 6 nitrogen and oxygen atoms in total. The van der Waals surface area contributed by atoms with Gasteiger partial charge in [0.2, 0.25) is 0 Å². The Balaban J connectivity index is 1.46. The van der Waals surface area contributed by atoms with Crippen molar-refractivity contribution in [3.8, 4) is 11.3 Å². The number of benzene rings is 3. The van der Waals surface area contributed by atoms with Gasteiger partial charge in [-0.15, -0.1) is 0 Å². The Morgan fingerprint density at radius 2 is 1.48 bits per heavy atom. The highest BCUT2D eigenvalue weighted by Gasteiger charge is 2.14. The van der Waals surface area contributed by atoms with Crippen LogP contribution in [0.15, 0.2) is 78.9 Å². The minimum absolute atomic E-state index is 0.257. The lowest BCUT2D eigenvalue weighted by atomic mass is 10.0. The van der Waals surface area contributed by atoms with Crippen molar-refractivity contribution in [3.63, 3.8) is 0 Å². The summed E-state index contributed by atoms with van der Waals surface area (Å²) < 4.78 is 0. The number of amides is 2. The molecule has 0 bridgehead atoms. The Labute approximate surface area is 155 Å². The molecule has 4 rings (SSSR count). The smallest absolute Gasteiger partial charge is 0.272 e. The van der Waals surface area contributed by atoms with Crippen LogP contribution in [0.2, 0.25) is 0 Å². The number of fused-ring (bicyclic) bond motifs is 1. The van der Waals surface area contributed by atoms with E-state index in [2.05, 4.69) is 21.0 Å². The molecule has 6 heteroatoms. The monoisotopic (exact) mass is 356 g/mol. The van der Waals surface area contributed by atoms with E-state index in [4.69, 9.17) is 0 Å². The van der Waals surface area contributed by atoms with E-state index in [1.807, 2.05) is 60.7 Å². The van der Waals surface area contributed by atoms with Crippen LogP contribution >= 0.6 is 0 Å². The summed E-state index contributed by atoms with van der Waals surface area (Å²) in [5.41, 5.74) is 7.16. The molecule has 0 saturated carbocycles. The Hall–Kier alpha value is -3.93. The van der Waals surface area contributed by atoms with Crippen LogP contribution < -0.4 is 10.9 Å². The Morgan fingerprint density at radius 3 is 2.33 bits per heavy atom. The molecule has 0 unspecified atom stereocenters. The fourth-order valence-corrected chi connectivity index (χ4v) is 2.87. The summed E-state index contributed by atoms with van der Waals surface area (Å²) in [6.07, 6.45) is 0. The van der Waals surface area contributed by atoms with Gasteiger partial charge < -0.3 is 0 Å². The van der Waals surface area contributed by atoms with Gasteiger partial charge in [0.15, 0.2) is 0 Å². The first-order valence-electron chi connectivity index (χ1n) is 8.41. The predicted octanol–water partition coefficient (Wildman–Crippen LogP) is 3.30. The fourth-order valence-electron chi connectivity index (χ4n) is 2.87. The van der Waals surface area contributed by atoms with Gasteiger partial charge >= 0.3 is 0 Å². The highest BCUT2D eigenvalue weighted by Crippen LogP contribution is 2.18. The van der Waals surface area contributed by atoms with Gasteiger partial charge in [-0.1, -0.05) is 66.7 Å². The first kappa shape index (κ1) is 16.5. The van der Waals surface area contributed by atoms with Crippen LogP contribution in [-0.4, -0.2) is 22.0 Å². The van der Waals surface area contributed by atoms with Gasteiger partial charge in [-0.05, 0) is 22.9 Å². The second-order valence-corrected chi connectivity index (χ2v) is 5.97. The molecule has 3 aromatic carbocycles. The van der Waals surface area contributed by atoms with Crippen molar-refractivity contribution in [1.29, 1.82) is 0 Å². The van der Waals surface area contributed by atoms with E-state index >= 15 is 0 Å². The lowest BCUT2D eigenvalue weighted by Crippen LogP contribution is -2.41. The third-order valence-corrected chi connectivity index (χ3v) is 4.22. The van der Waals surface area contributed by atoms with Crippen molar-refractivity contribution in [2.24, 2.45) is 0 Å². The lowest BCUT2D eigenvalue weighted by Gasteiger charge is -2.08. The number of hydrazine groups is 1. The number of carbonyl (C=O) groups excluding carboxylic acids is 2. The molecule has 132 valence electrons. The molecule has 0 aliphatic heterocycles. The van der Waals surface area contributed by atoms with Crippen LogP contribution in [0.3, 0.4) is 0 Å². The molecule has 1 heterocycles. The first-order chi connectivity index (χ1) is 13.2. The van der Waals surface area contributed by atoms with E-state index in [-0.39, 0.29) is 11.6 Å². The zero-order valence-corrected chi connectivity index (χ0v) is 14.3. The normalized spacial score (nSPS) is 10.5. The number of nitrogens with zero attached hydrogens (tertiary/aromatic N) is 1. The van der Waals surface area contributed by atoms with Crippen LogP contribution in [0.5, 0.6) is 0 Å². The van der Waals surface area contributed by atoms with Crippen molar-refractivity contribution in [3.05, 3.63) is 90.1 Å². The van der Waals surface area contributed by atoms with Crippen LogP contribution in [0.4, 0.5) is 0 Å². The van der Waals surface area contributed by atoms with E-state index in [1.165, 1.54) is 0 Å². The molecule has 0 spiro atoms. The van der Waals surface area contributed by atoms with Crippen molar-refractivity contribution >= 4 is 22.6 Å². The maximum absolute atomic E-state index is 12.5. The van der Waals surface area contributed by atoms with Gasteiger partial charge in [0.25, 0.3) is 11.8 Å². The van der Waals surface area contributed by atoms with E-state index < -0.39 is 5.91 Å². The molecule has 0 aliphatic carbocycles. The zero-order chi connectivity index (χ0) is 18.6. The summed E-state index contributed by atoms with van der Waals surface area (Å²) in [4.78, 5) is 24.8. The average molecular weight is 356 g/mol. The molecule has 0 fully saturated rings. The van der Waals surface area contributed by atoms with Crippen LogP contribution in [-0.2, 0) is 0 Å². The molecule has 27 heavy (non-hydrogen) atoms. The summed E-state index contributed by atoms with van der Waals surface area (Å²) in [5.74, 6) is -0.860. The summed E-state index contributed by atoms with van der Waals surface area (Å²) in [7, 11) is 0. The number of nitrogens with one attached hydrogen (secondary N) is 3. The maximum Gasteiger partial charge on any atom is 0.287 e. The quantitative estimate of drug-likeness (QED) is 0.492. The minimum atomic E-state index is -0.474. The fraction of sp³-hybridized carbons (Fsp3) is 0. The van der Waals surface area contributed by atoms with E-state index in [0.717, 1.165) is 16.3 Å². The molecule has 3 N–H and O–H groups in total. The Bertz CT molecular complexity index is 1110. The SMILES string of the molecule is O=C(NNC(=O)c1cccc2ccccc12)c1cc(-c2ccccc2)n[nH]1. The summed E-state index contributed by atoms with van der Waals surface area (Å²) in [6.45, 7) is 0. The van der Waals surface area contributed by atoms with Gasteiger partial charge in [0.05, 0.1) is 5.69 Å². The summed E-state index contributed by atoms with van der Waals surface area (Å²) in [6, 6.07) is 24.2. The number of rotatable bonds is 3. The van der Waals surface area contributed by atoms with Crippen molar-refractivity contribution in [2.75, 3.05) is 0 Å². The van der Waals surface area contributed by atoms with Crippen LogP contribution in [0.1, 0.15) is 20.8 Å². The standard InChI is InChI=1S/C21H16N4O2/c26-20(17-12-6-10-14-7-4-5-11-16(14)17)24-25-21(27)19-13-18(22-23-19)15-8-2-1-3-9-15/h1-13H,(H,22,23)(H,24,26)(H,25,27). The van der Waals surface area contributed by atoms with E-state index in [1.54, 1.807) is 18.2 Å². The molecular weight excluding hydrogens is 340 g/mol. The molecule has 2 amide bonds. The van der Waals surface area contributed by atoms with Crippen molar-refractivity contribution in [1.82, 2.24) is 21.0 Å².